The number of hydrogen-bond donors (Lipinski definition) is 2. The number of likely N-dealkylation sites (tertiary alicyclic amines) is 1. The first-order valence-electron chi connectivity index (χ1n) is 7.13. The van der Waals surface area contributed by atoms with Crippen molar-refractivity contribution in [2.45, 2.75) is 57.6 Å². The zero-order chi connectivity index (χ0) is 15.1. The van der Waals surface area contributed by atoms with Gasteiger partial charge in [-0.2, -0.15) is 0 Å². The van der Waals surface area contributed by atoms with E-state index in [1.165, 1.54) is 0 Å². The maximum absolute atomic E-state index is 12.6. The highest BCUT2D eigenvalue weighted by atomic mass is 16.6. The van der Waals surface area contributed by atoms with Gasteiger partial charge in [-0.25, -0.2) is 0 Å². The molecular formula is C14H26N2O4. The molecule has 0 aromatic carbocycles. The fraction of sp³-hybridized carbons (Fsp3) is 0.929. The molecular weight excluding hydrogens is 260 g/mol. The molecule has 0 radical (unpaired) electrons. The molecule has 0 aliphatic carbocycles. The standard InChI is InChI=1S/C14H26N2O4/c1-14(2,3)5-8(15)13(18)16-6-10(19-4)12-11(16)9(17)7-20-12/h8-12,17H,5-7,15H2,1-4H3/t8?,9-,10+,11+,12+/m0/s1. The normalized spacial score (nSPS) is 35.2. The van der Waals surface area contributed by atoms with Crippen LogP contribution in [0.25, 0.3) is 0 Å². The van der Waals surface area contributed by atoms with Crippen molar-refractivity contribution >= 4 is 5.91 Å². The minimum atomic E-state index is -0.661. The van der Waals surface area contributed by atoms with E-state index in [0.29, 0.717) is 13.0 Å². The molecule has 5 atom stereocenters. The van der Waals surface area contributed by atoms with E-state index in [9.17, 15) is 9.90 Å². The SMILES string of the molecule is CO[C@@H]1CN(C(=O)C(N)CC(C)(C)C)[C@H]2[C@@H]1OC[C@@H]2O. The van der Waals surface area contributed by atoms with Crippen LogP contribution in [0.4, 0.5) is 0 Å². The smallest absolute Gasteiger partial charge is 0.240 e. The van der Waals surface area contributed by atoms with Crippen molar-refractivity contribution < 1.29 is 19.4 Å². The first kappa shape index (κ1) is 15.7. The Morgan fingerprint density at radius 1 is 1.55 bits per heavy atom. The number of carbonyl (C=O) groups excluding carboxylic acids is 1. The highest BCUT2D eigenvalue weighted by Crippen LogP contribution is 2.32. The minimum absolute atomic E-state index is 0.0142. The summed E-state index contributed by atoms with van der Waals surface area (Å²) in [5.74, 6) is -0.126. The topological polar surface area (TPSA) is 85.0 Å². The molecule has 2 aliphatic heterocycles. The number of aliphatic hydroxyl groups excluding tert-OH is 1. The lowest BCUT2D eigenvalue weighted by atomic mass is 9.88. The summed E-state index contributed by atoms with van der Waals surface area (Å²) < 4.78 is 10.9. The largest absolute Gasteiger partial charge is 0.388 e. The van der Waals surface area contributed by atoms with Crippen LogP contribution in [0, 0.1) is 5.41 Å². The molecule has 0 spiro atoms. The van der Waals surface area contributed by atoms with Crippen LogP contribution in [-0.2, 0) is 14.3 Å². The van der Waals surface area contributed by atoms with Crippen molar-refractivity contribution in [2.24, 2.45) is 11.1 Å². The van der Waals surface area contributed by atoms with E-state index in [2.05, 4.69) is 20.8 Å². The molecule has 2 fully saturated rings. The molecule has 116 valence electrons. The zero-order valence-corrected chi connectivity index (χ0v) is 12.7. The molecule has 2 heterocycles. The minimum Gasteiger partial charge on any atom is -0.388 e. The van der Waals surface area contributed by atoms with Crippen molar-refractivity contribution in [1.29, 1.82) is 0 Å². The predicted octanol–water partition coefficient (Wildman–Crippen LogP) is -0.265. The number of nitrogens with two attached hydrogens (primary N) is 1. The van der Waals surface area contributed by atoms with Gasteiger partial charge in [0.05, 0.1) is 25.2 Å². The summed E-state index contributed by atoms with van der Waals surface area (Å²) >= 11 is 0. The van der Waals surface area contributed by atoms with Crippen LogP contribution >= 0.6 is 0 Å². The molecule has 2 aliphatic rings. The van der Waals surface area contributed by atoms with Gasteiger partial charge in [-0.05, 0) is 11.8 Å². The molecule has 6 heteroatoms. The fourth-order valence-corrected chi connectivity index (χ4v) is 3.16. The van der Waals surface area contributed by atoms with Crippen LogP contribution in [0.3, 0.4) is 0 Å². The predicted molar refractivity (Wildman–Crippen MR) is 74.1 cm³/mol. The van der Waals surface area contributed by atoms with Gasteiger partial charge < -0.3 is 25.2 Å². The van der Waals surface area contributed by atoms with E-state index < -0.39 is 12.1 Å². The van der Waals surface area contributed by atoms with Crippen LogP contribution < -0.4 is 5.73 Å². The number of rotatable bonds is 3. The molecule has 0 bridgehead atoms. The van der Waals surface area contributed by atoms with Crippen molar-refractivity contribution in [3.8, 4) is 0 Å². The van der Waals surface area contributed by atoms with Crippen LogP contribution in [-0.4, -0.2) is 66.6 Å². The number of nitrogens with zero attached hydrogens (tertiary/aromatic N) is 1. The Morgan fingerprint density at radius 2 is 2.20 bits per heavy atom. The quantitative estimate of drug-likeness (QED) is 0.746. The maximum Gasteiger partial charge on any atom is 0.240 e. The van der Waals surface area contributed by atoms with E-state index in [-0.39, 0.29) is 36.2 Å². The van der Waals surface area contributed by atoms with E-state index in [1.807, 2.05) is 0 Å². The molecule has 20 heavy (non-hydrogen) atoms. The summed E-state index contributed by atoms with van der Waals surface area (Å²) in [6.07, 6.45) is -0.497. The third-order valence-electron chi connectivity index (χ3n) is 4.03. The summed E-state index contributed by atoms with van der Waals surface area (Å²) in [6, 6.07) is -0.891. The lowest BCUT2D eigenvalue weighted by Gasteiger charge is -2.30. The van der Waals surface area contributed by atoms with Crippen molar-refractivity contribution in [2.75, 3.05) is 20.3 Å². The van der Waals surface area contributed by atoms with Gasteiger partial charge in [0.25, 0.3) is 0 Å². The van der Waals surface area contributed by atoms with Crippen molar-refractivity contribution in [1.82, 2.24) is 4.90 Å². The zero-order valence-electron chi connectivity index (χ0n) is 12.7. The molecule has 0 saturated carbocycles. The lowest BCUT2D eigenvalue weighted by molar-refractivity contribution is -0.136. The highest BCUT2D eigenvalue weighted by Gasteiger charge is 2.53. The van der Waals surface area contributed by atoms with Crippen LogP contribution in [0.5, 0.6) is 0 Å². The number of carbonyl (C=O) groups is 1. The van der Waals surface area contributed by atoms with Crippen molar-refractivity contribution in [3.05, 3.63) is 0 Å². The first-order valence-corrected chi connectivity index (χ1v) is 7.13. The van der Waals surface area contributed by atoms with Gasteiger partial charge >= 0.3 is 0 Å². The number of fused-ring (bicyclic) bond motifs is 1. The molecule has 3 N–H and O–H groups in total. The monoisotopic (exact) mass is 286 g/mol. The number of hydrogen-bond acceptors (Lipinski definition) is 5. The molecule has 0 aromatic heterocycles. The molecule has 1 unspecified atom stereocenters. The molecule has 1 amide bonds. The average molecular weight is 286 g/mol. The fourth-order valence-electron chi connectivity index (χ4n) is 3.16. The van der Waals surface area contributed by atoms with Crippen LogP contribution in [0.2, 0.25) is 0 Å². The Hall–Kier alpha value is -0.690. The third kappa shape index (κ3) is 2.98. The Balaban J connectivity index is 2.09. The first-order chi connectivity index (χ1) is 9.24. The Bertz CT molecular complexity index is 369. The van der Waals surface area contributed by atoms with E-state index in [0.717, 1.165) is 0 Å². The summed E-state index contributed by atoms with van der Waals surface area (Å²) in [4.78, 5) is 14.2. The molecule has 6 nitrogen and oxygen atoms in total. The second-order valence-electron chi connectivity index (χ2n) is 6.99. The van der Waals surface area contributed by atoms with Gasteiger partial charge in [-0.1, -0.05) is 20.8 Å². The van der Waals surface area contributed by atoms with Crippen LogP contribution in [0.1, 0.15) is 27.2 Å². The van der Waals surface area contributed by atoms with Crippen molar-refractivity contribution in [3.63, 3.8) is 0 Å². The van der Waals surface area contributed by atoms with Crippen LogP contribution in [0.15, 0.2) is 0 Å². The van der Waals surface area contributed by atoms with Gasteiger partial charge in [0.2, 0.25) is 5.91 Å². The number of aliphatic hydroxyl groups is 1. The van der Waals surface area contributed by atoms with Gasteiger partial charge in [-0.3, -0.25) is 4.79 Å². The van der Waals surface area contributed by atoms with E-state index in [4.69, 9.17) is 15.2 Å². The van der Waals surface area contributed by atoms with Gasteiger partial charge in [0.1, 0.15) is 18.3 Å². The third-order valence-corrected chi connectivity index (χ3v) is 4.03. The second-order valence-corrected chi connectivity index (χ2v) is 6.99. The van der Waals surface area contributed by atoms with Gasteiger partial charge in [0.15, 0.2) is 0 Å². The summed E-state index contributed by atoms with van der Waals surface area (Å²) in [5.41, 5.74) is 6.03. The molecule has 2 rings (SSSR count). The summed E-state index contributed by atoms with van der Waals surface area (Å²) in [7, 11) is 1.60. The lowest BCUT2D eigenvalue weighted by Crippen LogP contribution is -2.51. The van der Waals surface area contributed by atoms with E-state index in [1.54, 1.807) is 12.0 Å². The van der Waals surface area contributed by atoms with E-state index >= 15 is 0 Å². The maximum atomic E-state index is 12.6. The molecule has 2 saturated heterocycles. The Kier molecular flexibility index (Phi) is 4.39. The number of methoxy groups -OCH3 is 1. The number of ether oxygens (including phenoxy) is 2. The second kappa shape index (κ2) is 5.60. The van der Waals surface area contributed by atoms with Gasteiger partial charge in [-0.15, -0.1) is 0 Å². The summed E-state index contributed by atoms with van der Waals surface area (Å²) in [6.45, 7) is 6.84. The van der Waals surface area contributed by atoms with Gasteiger partial charge in [0, 0.05) is 7.11 Å². The average Bonchev–Trinajstić information content (AvgIpc) is 2.87. The highest BCUT2D eigenvalue weighted by molar-refractivity contribution is 5.82. The summed E-state index contributed by atoms with van der Waals surface area (Å²) in [5, 5.41) is 10.0. The Morgan fingerprint density at radius 3 is 2.75 bits per heavy atom. The number of amides is 1. The molecule has 0 aromatic rings. The Labute approximate surface area is 120 Å².